The number of nitrogens with one attached hydrogen (secondary N) is 1. The van der Waals surface area contributed by atoms with Crippen LogP contribution >= 0.6 is 0 Å². The lowest BCUT2D eigenvalue weighted by Gasteiger charge is -2.02. The molecule has 0 aliphatic carbocycles. The molecule has 2 nitrogen and oxygen atoms in total. The fourth-order valence-electron chi connectivity index (χ4n) is 3.22. The second-order valence-corrected chi connectivity index (χ2v) is 6.69. The number of H-pyrrole nitrogens is 1. The summed E-state index contributed by atoms with van der Waals surface area (Å²) in [6.07, 6.45) is 24.0. The Bertz CT molecular complexity index is 343. The van der Waals surface area contributed by atoms with Crippen molar-refractivity contribution in [1.82, 2.24) is 4.98 Å². The molecule has 0 atom stereocenters. The normalized spacial score (nSPS) is 11.2. The number of nitrogens with zero attached hydrogens (tertiary/aromatic N) is 1. The van der Waals surface area contributed by atoms with E-state index in [0.29, 0.717) is 0 Å². The minimum absolute atomic E-state index is 1.08. The van der Waals surface area contributed by atoms with E-state index in [-0.39, 0.29) is 0 Å². The van der Waals surface area contributed by atoms with Gasteiger partial charge >= 0.3 is 0 Å². The zero-order valence-corrected chi connectivity index (χ0v) is 15.2. The molecule has 0 aromatic carbocycles. The SMILES string of the molecule is CCCCCCCCCCCCCCCc1[nH]cc[n+]1CC. The Labute approximate surface area is 138 Å². The van der Waals surface area contributed by atoms with E-state index in [0.717, 1.165) is 6.54 Å². The van der Waals surface area contributed by atoms with Crippen molar-refractivity contribution in [3.8, 4) is 0 Å². The molecule has 0 saturated heterocycles. The third-order valence-electron chi connectivity index (χ3n) is 4.71. The molecule has 0 fully saturated rings. The van der Waals surface area contributed by atoms with E-state index in [1.807, 2.05) is 0 Å². The first-order chi connectivity index (χ1) is 10.9. The summed E-state index contributed by atoms with van der Waals surface area (Å²) in [5.74, 6) is 1.39. The van der Waals surface area contributed by atoms with Crippen LogP contribution < -0.4 is 4.57 Å². The van der Waals surface area contributed by atoms with Gasteiger partial charge in [-0.25, -0.2) is 9.55 Å². The molecule has 0 aliphatic rings. The molecule has 0 spiro atoms. The van der Waals surface area contributed by atoms with Crippen LogP contribution in [0.1, 0.15) is 103 Å². The summed E-state index contributed by atoms with van der Waals surface area (Å²) >= 11 is 0. The maximum absolute atomic E-state index is 3.36. The first kappa shape index (κ1) is 19.3. The number of aromatic nitrogens is 2. The van der Waals surface area contributed by atoms with Crippen LogP contribution in [-0.2, 0) is 13.0 Å². The average molecular weight is 308 g/mol. The lowest BCUT2D eigenvalue weighted by Crippen LogP contribution is -2.34. The molecule has 1 aromatic heterocycles. The Morgan fingerprint density at radius 2 is 1.23 bits per heavy atom. The van der Waals surface area contributed by atoms with Crippen LogP contribution in [0.15, 0.2) is 12.4 Å². The third-order valence-corrected chi connectivity index (χ3v) is 4.71. The van der Waals surface area contributed by atoms with Crippen molar-refractivity contribution >= 4 is 0 Å². The fourth-order valence-corrected chi connectivity index (χ4v) is 3.22. The predicted octanol–water partition coefficient (Wildman–Crippen LogP) is 5.96. The van der Waals surface area contributed by atoms with Crippen LogP contribution in [0.4, 0.5) is 0 Å². The molecule has 0 aliphatic heterocycles. The van der Waals surface area contributed by atoms with Crippen LogP contribution in [0.5, 0.6) is 0 Å². The Balaban J connectivity index is 1.80. The minimum Gasteiger partial charge on any atom is -0.248 e. The second-order valence-electron chi connectivity index (χ2n) is 6.69. The Kier molecular flexibility index (Phi) is 12.1. The molecule has 128 valence electrons. The largest absolute Gasteiger partial charge is 0.254 e. The minimum atomic E-state index is 1.08. The molecule has 1 N–H and O–H groups in total. The van der Waals surface area contributed by atoms with Gasteiger partial charge in [0.15, 0.2) is 0 Å². The van der Waals surface area contributed by atoms with E-state index in [4.69, 9.17) is 0 Å². The highest BCUT2D eigenvalue weighted by Gasteiger charge is 2.07. The summed E-state index contributed by atoms with van der Waals surface area (Å²) in [4.78, 5) is 3.36. The van der Waals surface area contributed by atoms with E-state index in [9.17, 15) is 0 Å². The van der Waals surface area contributed by atoms with Crippen molar-refractivity contribution in [2.24, 2.45) is 0 Å². The van der Waals surface area contributed by atoms with Crippen molar-refractivity contribution in [2.75, 3.05) is 0 Å². The van der Waals surface area contributed by atoms with E-state index in [1.54, 1.807) is 0 Å². The third kappa shape index (κ3) is 9.27. The van der Waals surface area contributed by atoms with Crippen molar-refractivity contribution in [3.05, 3.63) is 18.2 Å². The maximum atomic E-state index is 3.36. The summed E-state index contributed by atoms with van der Waals surface area (Å²) in [6, 6.07) is 0. The van der Waals surface area contributed by atoms with Gasteiger partial charge in [0.1, 0.15) is 12.4 Å². The highest BCUT2D eigenvalue weighted by atomic mass is 15.0. The number of aryl methyl sites for hydroxylation is 2. The van der Waals surface area contributed by atoms with Gasteiger partial charge in [-0.2, -0.15) is 0 Å². The number of unbranched alkanes of at least 4 members (excludes halogenated alkanes) is 12. The van der Waals surface area contributed by atoms with Gasteiger partial charge < -0.3 is 0 Å². The summed E-state index contributed by atoms with van der Waals surface area (Å²) in [5, 5.41) is 0. The van der Waals surface area contributed by atoms with Gasteiger partial charge in [0.05, 0.1) is 6.54 Å². The van der Waals surface area contributed by atoms with Crippen LogP contribution in [0.3, 0.4) is 0 Å². The molecule has 0 saturated carbocycles. The molecule has 1 rings (SSSR count). The fraction of sp³-hybridized carbons (Fsp3) is 0.850. The number of aromatic amines is 1. The Hall–Kier alpha value is -0.790. The lowest BCUT2D eigenvalue weighted by molar-refractivity contribution is -0.699. The van der Waals surface area contributed by atoms with Gasteiger partial charge in [0, 0.05) is 6.42 Å². The average Bonchev–Trinajstić information content (AvgIpc) is 2.99. The summed E-state index contributed by atoms with van der Waals surface area (Å²) < 4.78 is 2.32. The van der Waals surface area contributed by atoms with E-state index in [2.05, 4.69) is 35.8 Å². The molecule has 1 heterocycles. The highest BCUT2D eigenvalue weighted by Crippen LogP contribution is 2.12. The van der Waals surface area contributed by atoms with E-state index in [1.165, 1.54) is 95.7 Å². The quantitative estimate of drug-likeness (QED) is 0.305. The Morgan fingerprint density at radius 1 is 0.727 bits per heavy atom. The molecule has 0 amide bonds. The maximum Gasteiger partial charge on any atom is 0.254 e. The van der Waals surface area contributed by atoms with Crippen LogP contribution in [0.25, 0.3) is 0 Å². The Morgan fingerprint density at radius 3 is 1.73 bits per heavy atom. The van der Waals surface area contributed by atoms with Crippen LogP contribution in [0.2, 0.25) is 0 Å². The van der Waals surface area contributed by atoms with Gasteiger partial charge in [0.2, 0.25) is 0 Å². The molecule has 0 unspecified atom stereocenters. The van der Waals surface area contributed by atoms with Gasteiger partial charge in [-0.3, -0.25) is 0 Å². The summed E-state index contributed by atoms with van der Waals surface area (Å²) in [5.41, 5.74) is 0. The van der Waals surface area contributed by atoms with E-state index >= 15 is 0 Å². The lowest BCUT2D eigenvalue weighted by atomic mass is 10.0. The number of hydrogen-bond acceptors (Lipinski definition) is 0. The number of hydrogen-bond donors (Lipinski definition) is 1. The molecule has 0 radical (unpaired) electrons. The van der Waals surface area contributed by atoms with Crippen LogP contribution in [0, 0.1) is 0 Å². The molecule has 2 heteroatoms. The van der Waals surface area contributed by atoms with Gasteiger partial charge in [-0.15, -0.1) is 0 Å². The predicted molar refractivity (Wildman–Crippen MR) is 96.1 cm³/mol. The zero-order valence-electron chi connectivity index (χ0n) is 15.2. The smallest absolute Gasteiger partial charge is 0.248 e. The highest BCUT2D eigenvalue weighted by molar-refractivity contribution is 4.77. The van der Waals surface area contributed by atoms with Crippen molar-refractivity contribution in [1.29, 1.82) is 0 Å². The topological polar surface area (TPSA) is 19.7 Å². The van der Waals surface area contributed by atoms with Gasteiger partial charge in [-0.1, -0.05) is 84.0 Å². The van der Waals surface area contributed by atoms with Gasteiger partial charge in [0.25, 0.3) is 5.82 Å². The summed E-state index contributed by atoms with van der Waals surface area (Å²) in [6.45, 7) is 5.58. The molecular weight excluding hydrogens is 268 g/mol. The zero-order chi connectivity index (χ0) is 15.9. The molecule has 1 aromatic rings. The van der Waals surface area contributed by atoms with E-state index < -0.39 is 0 Å². The molecular formula is C20H39N2+. The van der Waals surface area contributed by atoms with Crippen LogP contribution in [-0.4, -0.2) is 4.98 Å². The summed E-state index contributed by atoms with van der Waals surface area (Å²) in [7, 11) is 0. The first-order valence-corrected chi connectivity index (χ1v) is 9.94. The molecule has 22 heavy (non-hydrogen) atoms. The van der Waals surface area contributed by atoms with Crippen molar-refractivity contribution in [2.45, 2.75) is 110 Å². The number of imidazole rings is 1. The van der Waals surface area contributed by atoms with Crippen molar-refractivity contribution < 1.29 is 4.57 Å². The second kappa shape index (κ2) is 13.8. The molecule has 0 bridgehead atoms. The standard InChI is InChI=1S/C20H38N2/c1-3-5-6-7-8-9-10-11-12-13-14-15-16-17-20-21-18-19-22(20)4-2/h18-19H,3-17H2,1-2H3/p+1. The van der Waals surface area contributed by atoms with Crippen molar-refractivity contribution in [3.63, 3.8) is 0 Å². The van der Waals surface area contributed by atoms with Gasteiger partial charge in [-0.05, 0) is 13.3 Å². The number of rotatable bonds is 15. The monoisotopic (exact) mass is 307 g/mol. The first-order valence-electron chi connectivity index (χ1n) is 9.94.